The van der Waals surface area contributed by atoms with Gasteiger partial charge in [-0.15, -0.1) is 11.3 Å². The van der Waals surface area contributed by atoms with Crippen LogP contribution in [-0.2, 0) is 6.54 Å². The smallest absolute Gasteiger partial charge is 0.137 e. The largest absolute Gasteiger partial charge is 0.497 e. The highest BCUT2D eigenvalue weighted by molar-refractivity contribution is 7.15. The molecular weight excluding hydrogens is 227 g/mol. The van der Waals surface area contributed by atoms with Gasteiger partial charge in [0.1, 0.15) is 16.6 Å². The van der Waals surface area contributed by atoms with Crippen LogP contribution in [0.2, 0.25) is 0 Å². The number of methoxy groups -OCH3 is 1. The van der Waals surface area contributed by atoms with E-state index in [-0.39, 0.29) is 5.82 Å². The van der Waals surface area contributed by atoms with Gasteiger partial charge in [-0.1, -0.05) is 0 Å². The molecule has 84 valence electrons. The lowest BCUT2D eigenvalue weighted by Crippen LogP contribution is -1.91. The Kier molecular flexibility index (Phi) is 3.17. The zero-order valence-electron chi connectivity index (χ0n) is 8.74. The lowest BCUT2D eigenvalue weighted by atomic mass is 10.2. The summed E-state index contributed by atoms with van der Waals surface area (Å²) in [6, 6.07) is 4.72. The Morgan fingerprint density at radius 3 is 2.88 bits per heavy atom. The lowest BCUT2D eigenvalue weighted by Gasteiger charge is -2.02. The van der Waals surface area contributed by atoms with Crippen LogP contribution < -0.4 is 10.5 Å². The Bertz CT molecular complexity index is 498. The molecule has 5 heteroatoms. The fourth-order valence-electron chi connectivity index (χ4n) is 1.32. The second kappa shape index (κ2) is 4.59. The maximum absolute atomic E-state index is 13.7. The number of nitrogens with zero attached hydrogens (tertiary/aromatic N) is 1. The number of rotatable bonds is 3. The molecule has 2 aromatic rings. The average molecular weight is 238 g/mol. The summed E-state index contributed by atoms with van der Waals surface area (Å²) in [5.41, 5.74) is 5.96. The van der Waals surface area contributed by atoms with E-state index in [1.54, 1.807) is 18.3 Å². The van der Waals surface area contributed by atoms with Crippen molar-refractivity contribution in [1.82, 2.24) is 4.98 Å². The standard InChI is InChI=1S/C11H11FN2OS/c1-15-7-2-3-9(10(12)4-7)11-14-6-8(5-13)16-11/h2-4,6H,5,13H2,1H3. The number of thiazole rings is 1. The van der Waals surface area contributed by atoms with Crippen LogP contribution in [0.3, 0.4) is 0 Å². The minimum Gasteiger partial charge on any atom is -0.497 e. The number of halogens is 1. The van der Waals surface area contributed by atoms with E-state index >= 15 is 0 Å². The van der Waals surface area contributed by atoms with Crippen molar-refractivity contribution in [2.45, 2.75) is 6.54 Å². The normalized spacial score (nSPS) is 10.4. The highest BCUT2D eigenvalue weighted by atomic mass is 32.1. The number of hydrogen-bond acceptors (Lipinski definition) is 4. The Morgan fingerprint density at radius 1 is 1.50 bits per heavy atom. The van der Waals surface area contributed by atoms with E-state index < -0.39 is 0 Å². The molecule has 3 nitrogen and oxygen atoms in total. The number of ether oxygens (including phenoxy) is 1. The lowest BCUT2D eigenvalue weighted by molar-refractivity contribution is 0.411. The topological polar surface area (TPSA) is 48.1 Å². The number of benzene rings is 1. The third-order valence-electron chi connectivity index (χ3n) is 2.16. The fourth-order valence-corrected chi connectivity index (χ4v) is 2.14. The van der Waals surface area contributed by atoms with E-state index in [4.69, 9.17) is 10.5 Å². The van der Waals surface area contributed by atoms with Crippen molar-refractivity contribution in [3.8, 4) is 16.3 Å². The molecule has 0 aliphatic carbocycles. The molecule has 0 atom stereocenters. The van der Waals surface area contributed by atoms with Gasteiger partial charge < -0.3 is 10.5 Å². The summed E-state index contributed by atoms with van der Waals surface area (Å²) < 4.78 is 18.6. The Morgan fingerprint density at radius 2 is 2.31 bits per heavy atom. The molecular formula is C11H11FN2OS. The molecule has 1 aromatic carbocycles. The molecule has 0 bridgehead atoms. The maximum Gasteiger partial charge on any atom is 0.137 e. The van der Waals surface area contributed by atoms with Gasteiger partial charge in [-0.3, -0.25) is 0 Å². The van der Waals surface area contributed by atoms with Gasteiger partial charge in [0.05, 0.1) is 7.11 Å². The molecule has 0 unspecified atom stereocenters. The molecule has 0 amide bonds. The monoisotopic (exact) mass is 238 g/mol. The molecule has 1 heterocycles. The maximum atomic E-state index is 13.7. The Labute approximate surface area is 96.7 Å². The van der Waals surface area contributed by atoms with Gasteiger partial charge >= 0.3 is 0 Å². The second-order valence-corrected chi connectivity index (χ2v) is 4.30. The second-order valence-electron chi connectivity index (χ2n) is 3.18. The van der Waals surface area contributed by atoms with Crippen LogP contribution in [-0.4, -0.2) is 12.1 Å². The Balaban J connectivity index is 2.40. The van der Waals surface area contributed by atoms with E-state index in [0.29, 0.717) is 22.9 Å². The van der Waals surface area contributed by atoms with Crippen molar-refractivity contribution in [3.63, 3.8) is 0 Å². The van der Waals surface area contributed by atoms with E-state index in [1.807, 2.05) is 0 Å². The molecule has 0 fully saturated rings. The summed E-state index contributed by atoms with van der Waals surface area (Å²) >= 11 is 1.40. The first kappa shape index (κ1) is 11.0. The Hall–Kier alpha value is -1.46. The van der Waals surface area contributed by atoms with Crippen LogP contribution in [0.4, 0.5) is 4.39 Å². The van der Waals surface area contributed by atoms with Crippen molar-refractivity contribution in [2.24, 2.45) is 5.73 Å². The number of aromatic nitrogens is 1. The first-order valence-electron chi connectivity index (χ1n) is 4.73. The third kappa shape index (κ3) is 2.05. The minimum atomic E-state index is -0.336. The fraction of sp³-hybridized carbons (Fsp3) is 0.182. The molecule has 0 saturated heterocycles. The van der Waals surface area contributed by atoms with E-state index in [1.165, 1.54) is 24.5 Å². The van der Waals surface area contributed by atoms with Gasteiger partial charge in [0, 0.05) is 29.2 Å². The first-order valence-corrected chi connectivity index (χ1v) is 5.55. The quantitative estimate of drug-likeness (QED) is 0.893. The summed E-state index contributed by atoms with van der Waals surface area (Å²) in [6.07, 6.45) is 1.67. The first-order chi connectivity index (χ1) is 7.74. The van der Waals surface area contributed by atoms with Crippen molar-refractivity contribution in [2.75, 3.05) is 7.11 Å². The van der Waals surface area contributed by atoms with Gasteiger partial charge in [-0.05, 0) is 12.1 Å². The zero-order valence-corrected chi connectivity index (χ0v) is 9.55. The highest BCUT2D eigenvalue weighted by Gasteiger charge is 2.10. The van der Waals surface area contributed by atoms with Crippen molar-refractivity contribution < 1.29 is 9.13 Å². The van der Waals surface area contributed by atoms with Gasteiger partial charge in [-0.2, -0.15) is 0 Å². The van der Waals surface area contributed by atoms with Gasteiger partial charge in [0.2, 0.25) is 0 Å². The molecule has 1 aromatic heterocycles. The summed E-state index contributed by atoms with van der Waals surface area (Å²) in [4.78, 5) is 5.07. The van der Waals surface area contributed by atoms with E-state index in [9.17, 15) is 4.39 Å². The molecule has 0 saturated carbocycles. The molecule has 0 spiro atoms. The van der Waals surface area contributed by atoms with E-state index in [2.05, 4.69) is 4.98 Å². The summed E-state index contributed by atoms with van der Waals surface area (Å²) in [6.45, 7) is 0.426. The molecule has 0 radical (unpaired) electrons. The summed E-state index contributed by atoms with van der Waals surface area (Å²) in [5, 5.41) is 0.639. The number of nitrogens with two attached hydrogens (primary N) is 1. The molecule has 16 heavy (non-hydrogen) atoms. The molecule has 0 aliphatic rings. The summed E-state index contributed by atoms with van der Waals surface area (Å²) in [7, 11) is 1.50. The number of hydrogen-bond donors (Lipinski definition) is 1. The van der Waals surface area contributed by atoms with Gasteiger partial charge in [0.15, 0.2) is 0 Å². The molecule has 2 rings (SSSR count). The molecule has 2 N–H and O–H groups in total. The minimum absolute atomic E-state index is 0.336. The highest BCUT2D eigenvalue weighted by Crippen LogP contribution is 2.29. The van der Waals surface area contributed by atoms with Gasteiger partial charge in [-0.25, -0.2) is 9.37 Å². The zero-order chi connectivity index (χ0) is 11.5. The SMILES string of the molecule is COc1ccc(-c2ncc(CN)s2)c(F)c1. The van der Waals surface area contributed by atoms with Gasteiger partial charge in [0.25, 0.3) is 0 Å². The predicted octanol–water partition coefficient (Wildman–Crippen LogP) is 2.42. The van der Waals surface area contributed by atoms with Crippen LogP contribution in [0.15, 0.2) is 24.4 Å². The van der Waals surface area contributed by atoms with Crippen molar-refractivity contribution in [1.29, 1.82) is 0 Å². The van der Waals surface area contributed by atoms with Crippen molar-refractivity contribution in [3.05, 3.63) is 35.1 Å². The van der Waals surface area contributed by atoms with Crippen molar-refractivity contribution >= 4 is 11.3 Å². The third-order valence-corrected chi connectivity index (χ3v) is 3.21. The van der Waals surface area contributed by atoms with Crippen LogP contribution in [0.25, 0.3) is 10.6 Å². The van der Waals surface area contributed by atoms with Crippen LogP contribution in [0, 0.1) is 5.82 Å². The van der Waals surface area contributed by atoms with Crippen LogP contribution >= 0.6 is 11.3 Å². The predicted molar refractivity (Wildman–Crippen MR) is 62.0 cm³/mol. The summed E-state index contributed by atoms with van der Waals surface area (Å²) in [5.74, 6) is 0.161. The van der Waals surface area contributed by atoms with Crippen LogP contribution in [0.1, 0.15) is 4.88 Å². The van der Waals surface area contributed by atoms with E-state index in [0.717, 1.165) is 4.88 Å². The molecule has 0 aliphatic heterocycles. The average Bonchev–Trinajstić information content (AvgIpc) is 2.77. The van der Waals surface area contributed by atoms with Crippen LogP contribution in [0.5, 0.6) is 5.75 Å².